The van der Waals surface area contributed by atoms with Crippen LogP contribution in [0.2, 0.25) is 0 Å². The Morgan fingerprint density at radius 3 is 2.39 bits per heavy atom. The van der Waals surface area contributed by atoms with E-state index in [1.54, 1.807) is 0 Å². The number of hydrogen-bond donors (Lipinski definition) is 2. The van der Waals surface area contributed by atoms with E-state index in [1.807, 2.05) is 4.90 Å². The average Bonchev–Trinajstić information content (AvgIpc) is 3.28. The van der Waals surface area contributed by atoms with Crippen molar-refractivity contribution in [3.05, 3.63) is 35.4 Å². The standard InChI is InChI=1S/C21H31N3O2.C2HF3O2/c1-17-6-2-3-7-19(17)13-23-15-21(16-23)9-8-18(14-26-21)12-22-20(25)24-10-4-5-11-24;3-2(4,5)1(6)7/h2-3,6-7,18H,4-5,8-16H2,1H3,(H,22,25);(H,6,7). The van der Waals surface area contributed by atoms with Crippen molar-refractivity contribution in [3.8, 4) is 0 Å². The lowest BCUT2D eigenvalue weighted by Gasteiger charge is -2.53. The van der Waals surface area contributed by atoms with Crippen LogP contribution in [0, 0.1) is 12.8 Å². The van der Waals surface area contributed by atoms with Crippen LogP contribution in [0.25, 0.3) is 0 Å². The number of carbonyl (C=O) groups is 2. The number of halogens is 3. The summed E-state index contributed by atoms with van der Waals surface area (Å²) < 4.78 is 38.0. The van der Waals surface area contributed by atoms with Crippen molar-refractivity contribution in [2.75, 3.05) is 39.3 Å². The van der Waals surface area contributed by atoms with Gasteiger partial charge >= 0.3 is 18.2 Å². The van der Waals surface area contributed by atoms with Crippen LogP contribution in [-0.2, 0) is 16.1 Å². The molecule has 1 unspecified atom stereocenters. The summed E-state index contributed by atoms with van der Waals surface area (Å²) in [7, 11) is 0. The lowest BCUT2D eigenvalue weighted by Crippen LogP contribution is -2.64. The molecule has 3 saturated heterocycles. The number of ether oxygens (including phenoxy) is 1. The molecule has 33 heavy (non-hydrogen) atoms. The summed E-state index contributed by atoms with van der Waals surface area (Å²) >= 11 is 0. The van der Waals surface area contributed by atoms with E-state index in [0.29, 0.717) is 5.92 Å². The third kappa shape index (κ3) is 7.07. The molecule has 3 aliphatic heterocycles. The minimum absolute atomic E-state index is 0.0676. The van der Waals surface area contributed by atoms with E-state index in [1.165, 1.54) is 11.1 Å². The number of amides is 2. The summed E-state index contributed by atoms with van der Waals surface area (Å²) in [6.45, 7) is 8.62. The maximum Gasteiger partial charge on any atom is 0.490 e. The number of rotatable bonds is 4. The Morgan fingerprint density at radius 2 is 1.85 bits per heavy atom. The van der Waals surface area contributed by atoms with Crippen LogP contribution in [0.1, 0.15) is 36.8 Å². The summed E-state index contributed by atoms with van der Waals surface area (Å²) in [6.07, 6.45) is -0.539. The predicted octanol–water partition coefficient (Wildman–Crippen LogP) is 3.41. The van der Waals surface area contributed by atoms with Crippen LogP contribution in [0.5, 0.6) is 0 Å². The number of urea groups is 1. The second kappa shape index (κ2) is 10.7. The van der Waals surface area contributed by atoms with Gasteiger partial charge in [0.2, 0.25) is 0 Å². The molecule has 184 valence electrons. The Balaban J connectivity index is 0.000000383. The van der Waals surface area contributed by atoms with Crippen molar-refractivity contribution in [1.82, 2.24) is 15.1 Å². The van der Waals surface area contributed by atoms with Gasteiger partial charge in [0, 0.05) is 39.3 Å². The zero-order valence-electron chi connectivity index (χ0n) is 18.9. The van der Waals surface area contributed by atoms with Crippen molar-refractivity contribution in [1.29, 1.82) is 0 Å². The molecule has 7 nitrogen and oxygen atoms in total. The number of aryl methyl sites for hydroxylation is 1. The lowest BCUT2D eigenvalue weighted by atomic mass is 9.82. The fraction of sp³-hybridized carbons (Fsp3) is 0.652. The van der Waals surface area contributed by atoms with E-state index in [4.69, 9.17) is 14.6 Å². The summed E-state index contributed by atoms with van der Waals surface area (Å²) in [5, 5.41) is 10.2. The first-order chi connectivity index (χ1) is 15.6. The Labute approximate surface area is 191 Å². The molecule has 1 aromatic rings. The molecule has 2 N–H and O–H groups in total. The zero-order chi connectivity index (χ0) is 24.1. The number of alkyl halides is 3. The highest BCUT2D eigenvalue weighted by molar-refractivity contribution is 5.74. The topological polar surface area (TPSA) is 82.1 Å². The molecule has 3 aliphatic rings. The Kier molecular flexibility index (Phi) is 8.23. The number of carboxylic acid groups (broad SMARTS) is 1. The van der Waals surface area contributed by atoms with Crippen molar-refractivity contribution >= 4 is 12.0 Å². The monoisotopic (exact) mass is 471 g/mol. The van der Waals surface area contributed by atoms with Gasteiger partial charge in [-0.05, 0) is 49.7 Å². The largest absolute Gasteiger partial charge is 0.490 e. The fourth-order valence-electron chi connectivity index (χ4n) is 4.50. The molecule has 0 radical (unpaired) electrons. The number of likely N-dealkylation sites (tertiary alicyclic amines) is 2. The minimum atomic E-state index is -5.08. The second-order valence-corrected chi connectivity index (χ2v) is 9.15. The molecule has 3 fully saturated rings. The van der Waals surface area contributed by atoms with Gasteiger partial charge < -0.3 is 20.1 Å². The molecule has 0 aromatic heterocycles. The molecule has 10 heteroatoms. The predicted molar refractivity (Wildman–Crippen MR) is 116 cm³/mol. The quantitative estimate of drug-likeness (QED) is 0.704. The highest BCUT2D eigenvalue weighted by Crippen LogP contribution is 2.36. The number of nitrogens with zero attached hydrogens (tertiary/aromatic N) is 2. The number of aliphatic carboxylic acids is 1. The first-order valence-corrected chi connectivity index (χ1v) is 11.3. The van der Waals surface area contributed by atoms with E-state index >= 15 is 0 Å². The molecule has 1 aromatic carbocycles. The molecular weight excluding hydrogens is 439 g/mol. The van der Waals surface area contributed by atoms with Crippen molar-refractivity contribution in [2.45, 2.75) is 50.9 Å². The first-order valence-electron chi connectivity index (χ1n) is 11.3. The first kappa shape index (κ1) is 25.3. The zero-order valence-corrected chi connectivity index (χ0v) is 18.9. The van der Waals surface area contributed by atoms with Gasteiger partial charge in [0.05, 0.1) is 12.2 Å². The molecule has 1 spiro atoms. The molecule has 1 atom stereocenters. The van der Waals surface area contributed by atoms with Gasteiger partial charge in [-0.15, -0.1) is 0 Å². The summed E-state index contributed by atoms with van der Waals surface area (Å²) in [5.41, 5.74) is 2.85. The van der Waals surface area contributed by atoms with E-state index in [-0.39, 0.29) is 11.6 Å². The van der Waals surface area contributed by atoms with E-state index in [2.05, 4.69) is 41.4 Å². The molecule has 4 rings (SSSR count). The SMILES string of the molecule is Cc1ccccc1CN1CC2(CCC(CNC(=O)N3CCCC3)CO2)C1.O=C(O)C(F)(F)F. The van der Waals surface area contributed by atoms with E-state index in [9.17, 15) is 18.0 Å². The van der Waals surface area contributed by atoms with E-state index in [0.717, 1.165) is 71.6 Å². The van der Waals surface area contributed by atoms with Gasteiger partial charge in [-0.25, -0.2) is 9.59 Å². The molecular formula is C23H32F3N3O4. The third-order valence-corrected chi connectivity index (χ3v) is 6.49. The number of hydrogen-bond acceptors (Lipinski definition) is 4. The van der Waals surface area contributed by atoms with Gasteiger partial charge in [-0.3, -0.25) is 4.90 Å². The van der Waals surface area contributed by atoms with Crippen LogP contribution in [0.15, 0.2) is 24.3 Å². The van der Waals surface area contributed by atoms with Gasteiger partial charge in [0.25, 0.3) is 0 Å². The van der Waals surface area contributed by atoms with Crippen molar-refractivity contribution in [2.24, 2.45) is 5.92 Å². The van der Waals surface area contributed by atoms with Crippen LogP contribution in [0.4, 0.5) is 18.0 Å². The lowest BCUT2D eigenvalue weighted by molar-refractivity contribution is -0.192. The Bertz CT molecular complexity index is 811. The van der Waals surface area contributed by atoms with Crippen molar-refractivity contribution < 1.29 is 32.6 Å². The highest BCUT2D eigenvalue weighted by Gasteiger charge is 2.46. The molecule has 0 saturated carbocycles. The number of nitrogens with one attached hydrogen (secondary N) is 1. The number of benzene rings is 1. The number of carboxylic acids is 1. The van der Waals surface area contributed by atoms with Gasteiger partial charge in [-0.1, -0.05) is 24.3 Å². The summed E-state index contributed by atoms with van der Waals surface area (Å²) in [5.74, 6) is -2.30. The molecule has 0 bridgehead atoms. The van der Waals surface area contributed by atoms with Crippen LogP contribution < -0.4 is 5.32 Å². The summed E-state index contributed by atoms with van der Waals surface area (Å²) in [6, 6.07) is 8.74. The van der Waals surface area contributed by atoms with Crippen LogP contribution >= 0.6 is 0 Å². The maximum absolute atomic E-state index is 12.1. The number of carbonyl (C=O) groups excluding carboxylic acids is 1. The van der Waals surface area contributed by atoms with Gasteiger partial charge in [0.1, 0.15) is 0 Å². The van der Waals surface area contributed by atoms with E-state index < -0.39 is 12.1 Å². The van der Waals surface area contributed by atoms with Crippen LogP contribution in [0.3, 0.4) is 0 Å². The molecule has 0 aliphatic carbocycles. The molecule has 3 heterocycles. The van der Waals surface area contributed by atoms with Crippen LogP contribution in [-0.4, -0.2) is 78.0 Å². The minimum Gasteiger partial charge on any atom is -0.475 e. The molecule has 2 amide bonds. The smallest absolute Gasteiger partial charge is 0.475 e. The fourth-order valence-corrected chi connectivity index (χ4v) is 4.50. The van der Waals surface area contributed by atoms with Gasteiger partial charge in [0.15, 0.2) is 0 Å². The Morgan fingerprint density at radius 1 is 1.21 bits per heavy atom. The Hall–Kier alpha value is -2.33. The second-order valence-electron chi connectivity index (χ2n) is 9.15. The normalized spacial score (nSPS) is 22.3. The average molecular weight is 472 g/mol. The highest BCUT2D eigenvalue weighted by atomic mass is 19.4. The third-order valence-electron chi connectivity index (χ3n) is 6.49. The maximum atomic E-state index is 12.1. The van der Waals surface area contributed by atoms with Crippen molar-refractivity contribution in [3.63, 3.8) is 0 Å². The van der Waals surface area contributed by atoms with Gasteiger partial charge in [-0.2, -0.15) is 13.2 Å². The summed E-state index contributed by atoms with van der Waals surface area (Å²) in [4.78, 5) is 25.4.